The van der Waals surface area contributed by atoms with E-state index in [1.54, 1.807) is 0 Å². The van der Waals surface area contributed by atoms with Crippen LogP contribution in [0.1, 0.15) is 16.1 Å². The highest BCUT2D eigenvalue weighted by Gasteiger charge is 2.21. The molecule has 0 amide bonds. The molecule has 0 unspecified atom stereocenters. The summed E-state index contributed by atoms with van der Waals surface area (Å²) in [4.78, 5) is 10.7. The molecule has 0 aromatic carbocycles. The Kier molecular flexibility index (Phi) is 2.60. The molecule has 0 bridgehead atoms. The van der Waals surface area contributed by atoms with E-state index in [-0.39, 0.29) is 10.6 Å². The Labute approximate surface area is 85.3 Å². The van der Waals surface area contributed by atoms with Gasteiger partial charge in [0.1, 0.15) is 0 Å². The van der Waals surface area contributed by atoms with Gasteiger partial charge in [-0.05, 0) is 13.0 Å². The minimum atomic E-state index is -3.90. The second-order valence-electron chi connectivity index (χ2n) is 2.78. The van der Waals surface area contributed by atoms with Gasteiger partial charge in [-0.2, -0.15) is 0 Å². The summed E-state index contributed by atoms with van der Waals surface area (Å²) in [6.45, 7) is 1.51. The van der Waals surface area contributed by atoms with Crippen molar-refractivity contribution in [3.63, 3.8) is 0 Å². The Hall–Kier alpha value is -1.01. The number of rotatable bonds is 2. The maximum atomic E-state index is 11.0. The molecule has 1 aromatic rings. The lowest BCUT2D eigenvalue weighted by molar-refractivity contribution is 0.0696. The molecule has 0 aliphatic heterocycles. The number of hydrogen-bond acceptors (Lipinski definition) is 3. The van der Waals surface area contributed by atoms with Crippen molar-refractivity contribution in [1.29, 1.82) is 0 Å². The van der Waals surface area contributed by atoms with Crippen molar-refractivity contribution in [3.8, 4) is 0 Å². The van der Waals surface area contributed by atoms with Gasteiger partial charge in [-0.3, -0.25) is 0 Å². The van der Waals surface area contributed by atoms with Crippen molar-refractivity contribution in [2.75, 3.05) is 0 Å². The topological polar surface area (TPSA) is 76.4 Å². The first-order chi connectivity index (χ1) is 6.25. The van der Waals surface area contributed by atoms with Crippen LogP contribution in [0.25, 0.3) is 0 Å². The summed E-state index contributed by atoms with van der Waals surface area (Å²) in [5.41, 5.74) is 0.281. The summed E-state index contributed by atoms with van der Waals surface area (Å²) in [7, 11) is 2.66. The van der Waals surface area contributed by atoms with E-state index in [9.17, 15) is 13.2 Å². The molecule has 7 heteroatoms. The Morgan fingerprint density at radius 3 is 2.29 bits per heavy atom. The van der Waals surface area contributed by atoms with Gasteiger partial charge in [0.15, 0.2) is 5.03 Å². The summed E-state index contributed by atoms with van der Waals surface area (Å²) in [5, 5.41) is 8.50. The van der Waals surface area contributed by atoms with E-state index in [0.29, 0.717) is 5.69 Å². The summed E-state index contributed by atoms with van der Waals surface area (Å²) in [5.74, 6) is -1.18. The lowest BCUT2D eigenvalue weighted by atomic mass is 10.3. The third-order valence-electron chi connectivity index (χ3n) is 1.97. The molecule has 5 nitrogen and oxygen atoms in total. The molecule has 1 aromatic heterocycles. The fourth-order valence-corrected chi connectivity index (χ4v) is 2.29. The van der Waals surface area contributed by atoms with Gasteiger partial charge in [-0.15, -0.1) is 0 Å². The van der Waals surface area contributed by atoms with Crippen LogP contribution in [0.3, 0.4) is 0 Å². The summed E-state index contributed by atoms with van der Waals surface area (Å²) in [6, 6.07) is 1.04. The number of carboxylic acid groups (broad SMARTS) is 1. The van der Waals surface area contributed by atoms with E-state index in [1.165, 1.54) is 18.5 Å². The maximum absolute atomic E-state index is 11.0. The zero-order valence-corrected chi connectivity index (χ0v) is 9.06. The van der Waals surface area contributed by atoms with Crippen LogP contribution >= 0.6 is 10.7 Å². The molecule has 0 atom stereocenters. The molecule has 1 heterocycles. The molecule has 1 rings (SSSR count). The minimum absolute atomic E-state index is 0.0632. The van der Waals surface area contributed by atoms with Crippen LogP contribution < -0.4 is 0 Å². The first-order valence-electron chi connectivity index (χ1n) is 3.59. The summed E-state index contributed by atoms with van der Waals surface area (Å²) < 4.78 is 23.2. The molecule has 1 N–H and O–H groups in total. The van der Waals surface area contributed by atoms with E-state index in [0.717, 1.165) is 6.07 Å². The van der Waals surface area contributed by atoms with Gasteiger partial charge in [-0.1, -0.05) is 0 Å². The molecule has 0 radical (unpaired) electrons. The Morgan fingerprint density at radius 2 is 2.07 bits per heavy atom. The number of hydrogen-bond donors (Lipinski definition) is 1. The van der Waals surface area contributed by atoms with E-state index >= 15 is 0 Å². The van der Waals surface area contributed by atoms with Crippen molar-refractivity contribution in [1.82, 2.24) is 4.57 Å². The quantitative estimate of drug-likeness (QED) is 0.778. The molecule has 0 saturated carbocycles. The first kappa shape index (κ1) is 11.1. The van der Waals surface area contributed by atoms with Crippen LogP contribution in [0.4, 0.5) is 0 Å². The average Bonchev–Trinajstić information content (AvgIpc) is 2.28. The van der Waals surface area contributed by atoms with Gasteiger partial charge < -0.3 is 9.67 Å². The number of carbonyl (C=O) groups is 1. The third kappa shape index (κ3) is 1.76. The van der Waals surface area contributed by atoms with Crippen LogP contribution in [0.2, 0.25) is 0 Å². The highest BCUT2D eigenvalue weighted by molar-refractivity contribution is 8.13. The molecule has 0 aliphatic rings. The number of aromatic carboxylic acids is 1. The first-order valence-corrected chi connectivity index (χ1v) is 5.90. The van der Waals surface area contributed by atoms with Crippen LogP contribution in [0.5, 0.6) is 0 Å². The van der Waals surface area contributed by atoms with Crippen molar-refractivity contribution >= 4 is 25.7 Å². The number of carboxylic acids is 1. The third-order valence-corrected chi connectivity index (χ3v) is 3.34. The van der Waals surface area contributed by atoms with E-state index in [1.807, 2.05) is 0 Å². The Bertz CT molecular complexity index is 488. The number of nitrogens with zero attached hydrogens (tertiary/aromatic N) is 1. The van der Waals surface area contributed by atoms with Gasteiger partial charge in [0.05, 0.1) is 5.56 Å². The van der Waals surface area contributed by atoms with Gasteiger partial charge in [0, 0.05) is 23.4 Å². The highest BCUT2D eigenvalue weighted by atomic mass is 35.7. The predicted octanol–water partition coefficient (Wildman–Crippen LogP) is 0.959. The smallest absolute Gasteiger partial charge is 0.337 e. The van der Waals surface area contributed by atoms with Gasteiger partial charge in [-0.25, -0.2) is 13.2 Å². The summed E-state index contributed by atoms with van der Waals surface area (Å²) >= 11 is 0. The second-order valence-corrected chi connectivity index (χ2v) is 5.30. The maximum Gasteiger partial charge on any atom is 0.337 e. The molecular weight excluding hydrogens is 230 g/mol. The van der Waals surface area contributed by atoms with Crippen molar-refractivity contribution in [2.24, 2.45) is 7.05 Å². The zero-order chi connectivity index (χ0) is 11.1. The average molecular weight is 238 g/mol. The van der Waals surface area contributed by atoms with Gasteiger partial charge >= 0.3 is 5.97 Å². The van der Waals surface area contributed by atoms with Crippen molar-refractivity contribution in [3.05, 3.63) is 17.3 Å². The largest absolute Gasteiger partial charge is 0.478 e. The molecule has 0 spiro atoms. The molecule has 0 fully saturated rings. The fourth-order valence-electron chi connectivity index (χ4n) is 1.12. The molecule has 14 heavy (non-hydrogen) atoms. The summed E-state index contributed by atoms with van der Waals surface area (Å²) in [6.07, 6.45) is 0. The standard InChI is InChI=1S/C7H8ClNO4S/c1-4-5(7(10)11)3-6(9(4)2)14(8,12)13/h3H,1-2H3,(H,10,11). The minimum Gasteiger partial charge on any atom is -0.478 e. The van der Waals surface area contributed by atoms with Crippen LogP contribution in [0.15, 0.2) is 11.1 Å². The Balaban J connectivity index is 3.52. The monoisotopic (exact) mass is 237 g/mol. The van der Waals surface area contributed by atoms with E-state index < -0.39 is 15.0 Å². The second kappa shape index (κ2) is 3.29. The molecule has 0 saturated heterocycles. The van der Waals surface area contributed by atoms with Gasteiger partial charge in [0.2, 0.25) is 0 Å². The lowest BCUT2D eigenvalue weighted by Crippen LogP contribution is -2.02. The van der Waals surface area contributed by atoms with Crippen LogP contribution in [-0.4, -0.2) is 24.1 Å². The van der Waals surface area contributed by atoms with Crippen molar-refractivity contribution < 1.29 is 18.3 Å². The SMILES string of the molecule is Cc1c(C(=O)O)cc(S(=O)(=O)Cl)n1C. The van der Waals surface area contributed by atoms with Crippen molar-refractivity contribution in [2.45, 2.75) is 11.9 Å². The van der Waals surface area contributed by atoms with Crippen LogP contribution in [-0.2, 0) is 16.1 Å². The van der Waals surface area contributed by atoms with E-state index in [2.05, 4.69) is 0 Å². The highest BCUT2D eigenvalue weighted by Crippen LogP contribution is 2.21. The zero-order valence-electron chi connectivity index (χ0n) is 7.48. The van der Waals surface area contributed by atoms with E-state index in [4.69, 9.17) is 15.8 Å². The molecular formula is C7H8ClNO4S. The molecule has 0 aliphatic carbocycles. The Morgan fingerprint density at radius 1 is 1.57 bits per heavy atom. The normalized spacial score (nSPS) is 11.6. The fraction of sp³-hybridized carbons (Fsp3) is 0.286. The predicted molar refractivity (Wildman–Crippen MR) is 50.1 cm³/mol. The number of halogens is 1. The van der Waals surface area contributed by atoms with Gasteiger partial charge in [0.25, 0.3) is 9.05 Å². The molecule has 78 valence electrons. The number of aromatic nitrogens is 1. The lowest BCUT2D eigenvalue weighted by Gasteiger charge is -2.00. The van der Waals surface area contributed by atoms with Crippen LogP contribution in [0, 0.1) is 6.92 Å².